The number of benzene rings is 1. The molecule has 0 aliphatic carbocycles. The molecule has 2 unspecified atom stereocenters. The summed E-state index contributed by atoms with van der Waals surface area (Å²) in [6.07, 6.45) is 0.897. The number of hydrogen-bond acceptors (Lipinski definition) is 4. The Bertz CT molecular complexity index is 556. The van der Waals surface area contributed by atoms with Crippen LogP contribution in [0.25, 0.3) is 0 Å². The highest BCUT2D eigenvalue weighted by Gasteiger charge is 2.28. The van der Waals surface area contributed by atoms with Gasteiger partial charge in [-0.25, -0.2) is 0 Å². The summed E-state index contributed by atoms with van der Waals surface area (Å²) in [6.45, 7) is 7.65. The average Bonchev–Trinajstić information content (AvgIpc) is 2.66. The first kappa shape index (κ1) is 19.4. The zero-order chi connectivity index (χ0) is 18.2. The largest absolute Gasteiger partial charge is 0.351 e. The third-order valence-corrected chi connectivity index (χ3v) is 4.93. The minimum atomic E-state index is -0.425. The summed E-state index contributed by atoms with van der Waals surface area (Å²) in [5.74, 6) is 0.233. The Morgan fingerprint density at radius 2 is 1.80 bits per heavy atom. The molecule has 1 fully saturated rings. The van der Waals surface area contributed by atoms with E-state index in [0.29, 0.717) is 39.3 Å². The van der Waals surface area contributed by atoms with Crippen LogP contribution in [0, 0.1) is 5.92 Å². The van der Waals surface area contributed by atoms with E-state index in [0.717, 1.165) is 12.0 Å². The number of carbonyl (C=O) groups is 2. The van der Waals surface area contributed by atoms with Gasteiger partial charge in [-0.15, -0.1) is 0 Å². The molecule has 2 amide bonds. The number of carbonyl (C=O) groups excluding carboxylic acids is 2. The molecule has 0 spiro atoms. The fourth-order valence-corrected chi connectivity index (χ4v) is 2.89. The maximum atomic E-state index is 12.4. The molecule has 1 aliphatic heterocycles. The van der Waals surface area contributed by atoms with Gasteiger partial charge >= 0.3 is 0 Å². The van der Waals surface area contributed by atoms with Crippen molar-refractivity contribution < 1.29 is 9.59 Å². The minimum Gasteiger partial charge on any atom is -0.351 e. The van der Waals surface area contributed by atoms with Gasteiger partial charge in [0.2, 0.25) is 11.8 Å². The Hall–Kier alpha value is -1.92. The number of rotatable bonds is 7. The molecule has 25 heavy (non-hydrogen) atoms. The van der Waals surface area contributed by atoms with Crippen LogP contribution in [0.5, 0.6) is 0 Å². The molecule has 1 heterocycles. The molecule has 3 N–H and O–H groups in total. The second-order valence-electron chi connectivity index (χ2n) is 6.78. The molecule has 0 aromatic heterocycles. The molecule has 1 saturated heterocycles. The molecular weight excluding hydrogens is 316 g/mol. The summed E-state index contributed by atoms with van der Waals surface area (Å²) in [4.78, 5) is 28.4. The summed E-state index contributed by atoms with van der Waals surface area (Å²) in [6, 6.07) is 9.44. The molecule has 6 heteroatoms. The van der Waals surface area contributed by atoms with Crippen molar-refractivity contribution >= 4 is 11.8 Å². The van der Waals surface area contributed by atoms with Crippen LogP contribution in [0.3, 0.4) is 0 Å². The number of nitrogens with one attached hydrogen (secondary N) is 1. The average molecular weight is 346 g/mol. The Labute approximate surface area is 150 Å². The number of piperazine rings is 1. The monoisotopic (exact) mass is 346 g/mol. The van der Waals surface area contributed by atoms with Crippen molar-refractivity contribution in [1.82, 2.24) is 15.1 Å². The van der Waals surface area contributed by atoms with Crippen LogP contribution in [-0.2, 0) is 16.1 Å². The first-order valence-corrected chi connectivity index (χ1v) is 9.08. The maximum Gasteiger partial charge on any atom is 0.239 e. The first-order chi connectivity index (χ1) is 12.0. The van der Waals surface area contributed by atoms with Crippen LogP contribution in [0.1, 0.15) is 25.8 Å². The van der Waals surface area contributed by atoms with Crippen LogP contribution < -0.4 is 11.1 Å². The van der Waals surface area contributed by atoms with Crippen LogP contribution >= 0.6 is 0 Å². The lowest BCUT2D eigenvalue weighted by atomic mass is 9.98. The summed E-state index contributed by atoms with van der Waals surface area (Å²) < 4.78 is 0. The Morgan fingerprint density at radius 1 is 1.16 bits per heavy atom. The molecule has 2 atom stereocenters. The van der Waals surface area contributed by atoms with E-state index < -0.39 is 6.04 Å². The van der Waals surface area contributed by atoms with E-state index in [2.05, 4.69) is 10.2 Å². The molecule has 6 nitrogen and oxygen atoms in total. The lowest BCUT2D eigenvalue weighted by Crippen LogP contribution is -2.55. The zero-order valence-electron chi connectivity index (χ0n) is 15.3. The van der Waals surface area contributed by atoms with Gasteiger partial charge in [-0.05, 0) is 11.5 Å². The van der Waals surface area contributed by atoms with E-state index in [4.69, 9.17) is 5.73 Å². The standard InChI is InChI=1S/C19H30N4O2/c1-3-15(2)18(20)19(25)23-11-9-22(10-12-23)14-17(24)21-13-16-7-5-4-6-8-16/h4-8,15,18H,3,9-14,20H2,1-2H3,(H,21,24). The Balaban J connectivity index is 1.71. The van der Waals surface area contributed by atoms with Crippen LogP contribution in [0.2, 0.25) is 0 Å². The van der Waals surface area contributed by atoms with Gasteiger partial charge < -0.3 is 16.0 Å². The molecule has 1 aromatic carbocycles. The van der Waals surface area contributed by atoms with Crippen molar-refractivity contribution in [1.29, 1.82) is 0 Å². The second-order valence-corrected chi connectivity index (χ2v) is 6.78. The number of nitrogens with zero attached hydrogens (tertiary/aromatic N) is 2. The quantitative estimate of drug-likeness (QED) is 0.766. The Kier molecular flexibility index (Phi) is 7.40. The van der Waals surface area contributed by atoms with Crippen molar-refractivity contribution in [2.75, 3.05) is 32.7 Å². The van der Waals surface area contributed by atoms with Crippen molar-refractivity contribution in [3.63, 3.8) is 0 Å². The van der Waals surface area contributed by atoms with Gasteiger partial charge in [0.15, 0.2) is 0 Å². The predicted molar refractivity (Wildman–Crippen MR) is 98.7 cm³/mol. The third kappa shape index (κ3) is 5.83. The zero-order valence-corrected chi connectivity index (χ0v) is 15.3. The van der Waals surface area contributed by atoms with E-state index in [1.54, 1.807) is 0 Å². The van der Waals surface area contributed by atoms with Crippen molar-refractivity contribution in [2.45, 2.75) is 32.9 Å². The predicted octanol–water partition coefficient (Wildman–Crippen LogP) is 0.820. The van der Waals surface area contributed by atoms with Gasteiger partial charge in [-0.2, -0.15) is 0 Å². The molecular formula is C19H30N4O2. The van der Waals surface area contributed by atoms with Crippen molar-refractivity contribution in [3.8, 4) is 0 Å². The van der Waals surface area contributed by atoms with E-state index in [1.807, 2.05) is 49.1 Å². The van der Waals surface area contributed by atoms with Gasteiger partial charge in [-0.1, -0.05) is 50.6 Å². The number of amides is 2. The van der Waals surface area contributed by atoms with Gasteiger partial charge in [0.25, 0.3) is 0 Å². The van der Waals surface area contributed by atoms with Gasteiger partial charge in [0.1, 0.15) is 0 Å². The maximum absolute atomic E-state index is 12.4. The van der Waals surface area contributed by atoms with Gasteiger partial charge in [0.05, 0.1) is 12.6 Å². The molecule has 2 rings (SSSR count). The van der Waals surface area contributed by atoms with Crippen LogP contribution in [-0.4, -0.2) is 60.4 Å². The minimum absolute atomic E-state index is 0.0138. The Morgan fingerprint density at radius 3 is 2.40 bits per heavy atom. The third-order valence-electron chi connectivity index (χ3n) is 4.93. The SMILES string of the molecule is CCC(C)C(N)C(=O)N1CCN(CC(=O)NCc2ccccc2)CC1. The smallest absolute Gasteiger partial charge is 0.239 e. The highest BCUT2D eigenvalue weighted by molar-refractivity contribution is 5.82. The van der Waals surface area contributed by atoms with Crippen molar-refractivity contribution in [3.05, 3.63) is 35.9 Å². The van der Waals surface area contributed by atoms with Gasteiger partial charge in [-0.3, -0.25) is 14.5 Å². The number of nitrogens with two attached hydrogens (primary N) is 1. The van der Waals surface area contributed by atoms with Crippen LogP contribution in [0.4, 0.5) is 0 Å². The summed E-state index contributed by atoms with van der Waals surface area (Å²) in [7, 11) is 0. The summed E-state index contributed by atoms with van der Waals surface area (Å²) in [5.41, 5.74) is 7.13. The van der Waals surface area contributed by atoms with Crippen molar-refractivity contribution in [2.24, 2.45) is 11.7 Å². The first-order valence-electron chi connectivity index (χ1n) is 9.08. The highest BCUT2D eigenvalue weighted by atomic mass is 16.2. The summed E-state index contributed by atoms with van der Waals surface area (Å²) >= 11 is 0. The van der Waals surface area contributed by atoms with Gasteiger partial charge in [0, 0.05) is 32.7 Å². The lowest BCUT2D eigenvalue weighted by molar-refractivity contribution is -0.135. The van der Waals surface area contributed by atoms with E-state index in [9.17, 15) is 9.59 Å². The van der Waals surface area contributed by atoms with Crippen LogP contribution in [0.15, 0.2) is 30.3 Å². The fraction of sp³-hybridized carbons (Fsp3) is 0.579. The summed E-state index contributed by atoms with van der Waals surface area (Å²) in [5, 5.41) is 2.94. The lowest BCUT2D eigenvalue weighted by Gasteiger charge is -2.36. The second kappa shape index (κ2) is 9.53. The van der Waals surface area contributed by atoms with E-state index in [1.165, 1.54) is 0 Å². The molecule has 1 aliphatic rings. The van der Waals surface area contributed by atoms with E-state index >= 15 is 0 Å². The highest BCUT2D eigenvalue weighted by Crippen LogP contribution is 2.10. The molecule has 1 aromatic rings. The molecule has 0 radical (unpaired) electrons. The molecule has 0 saturated carbocycles. The topological polar surface area (TPSA) is 78.7 Å². The molecule has 0 bridgehead atoms. The fourth-order valence-electron chi connectivity index (χ4n) is 2.89. The number of hydrogen-bond donors (Lipinski definition) is 2. The molecule has 138 valence electrons. The van der Waals surface area contributed by atoms with E-state index in [-0.39, 0.29) is 17.7 Å². The normalized spacial score (nSPS) is 17.8.